The summed E-state index contributed by atoms with van der Waals surface area (Å²) in [6.07, 6.45) is 3.34. The summed E-state index contributed by atoms with van der Waals surface area (Å²) in [7, 11) is 0. The molecule has 1 fully saturated rings. The number of amides is 2. The number of benzene rings is 1. The van der Waals surface area contributed by atoms with Crippen LogP contribution in [0.3, 0.4) is 0 Å². The average molecular weight is 248 g/mol. The third-order valence-corrected chi connectivity index (χ3v) is 3.31. The van der Waals surface area contributed by atoms with Gasteiger partial charge in [-0.15, -0.1) is 0 Å². The number of hydrogen-bond donors (Lipinski definition) is 2. The van der Waals surface area contributed by atoms with E-state index in [2.05, 4.69) is 5.32 Å². The number of nitrogens with zero attached hydrogens (tertiary/aromatic N) is 1. The van der Waals surface area contributed by atoms with Crippen LogP contribution >= 0.6 is 0 Å². The minimum Gasteiger partial charge on any atom is -0.395 e. The van der Waals surface area contributed by atoms with Crippen molar-refractivity contribution in [2.45, 2.75) is 31.8 Å². The van der Waals surface area contributed by atoms with Crippen LogP contribution in [-0.4, -0.2) is 35.2 Å². The predicted octanol–water partition coefficient (Wildman–Crippen LogP) is 1.74. The molecule has 1 saturated carbocycles. The molecule has 4 nitrogen and oxygen atoms in total. The van der Waals surface area contributed by atoms with Crippen molar-refractivity contribution in [3.8, 4) is 0 Å². The molecule has 0 spiro atoms. The topological polar surface area (TPSA) is 52.6 Å². The predicted molar refractivity (Wildman–Crippen MR) is 70.1 cm³/mol. The van der Waals surface area contributed by atoms with Crippen molar-refractivity contribution in [1.82, 2.24) is 10.2 Å². The largest absolute Gasteiger partial charge is 0.395 e. The van der Waals surface area contributed by atoms with Crippen molar-refractivity contribution < 1.29 is 9.90 Å². The van der Waals surface area contributed by atoms with Crippen molar-refractivity contribution in [1.29, 1.82) is 0 Å². The van der Waals surface area contributed by atoms with E-state index in [0.717, 1.165) is 18.4 Å². The molecular weight excluding hydrogens is 228 g/mol. The number of rotatable bonds is 5. The number of nitrogens with one attached hydrogen (secondary N) is 1. The zero-order chi connectivity index (χ0) is 12.8. The van der Waals surface area contributed by atoms with Crippen LogP contribution in [0.5, 0.6) is 0 Å². The first-order chi connectivity index (χ1) is 8.79. The first-order valence-corrected chi connectivity index (χ1v) is 6.50. The van der Waals surface area contributed by atoms with Gasteiger partial charge in [0.2, 0.25) is 0 Å². The van der Waals surface area contributed by atoms with Gasteiger partial charge in [0.1, 0.15) is 0 Å². The van der Waals surface area contributed by atoms with Crippen molar-refractivity contribution in [2.24, 2.45) is 0 Å². The molecule has 0 atom stereocenters. The van der Waals surface area contributed by atoms with Gasteiger partial charge in [0.25, 0.3) is 0 Å². The summed E-state index contributed by atoms with van der Waals surface area (Å²) >= 11 is 0. The molecule has 2 rings (SSSR count). The fraction of sp³-hybridized carbons (Fsp3) is 0.500. The van der Waals surface area contributed by atoms with Gasteiger partial charge < -0.3 is 15.3 Å². The van der Waals surface area contributed by atoms with Crippen LogP contribution < -0.4 is 5.32 Å². The van der Waals surface area contributed by atoms with E-state index in [-0.39, 0.29) is 12.6 Å². The van der Waals surface area contributed by atoms with Crippen molar-refractivity contribution >= 4 is 6.03 Å². The van der Waals surface area contributed by atoms with Crippen LogP contribution in [-0.2, 0) is 6.54 Å². The molecule has 98 valence electrons. The third kappa shape index (κ3) is 3.47. The van der Waals surface area contributed by atoms with Gasteiger partial charge in [-0.05, 0) is 24.8 Å². The highest BCUT2D eigenvalue weighted by atomic mass is 16.3. The molecule has 0 bridgehead atoms. The Balaban J connectivity index is 1.91. The van der Waals surface area contributed by atoms with Gasteiger partial charge in [-0.25, -0.2) is 4.79 Å². The summed E-state index contributed by atoms with van der Waals surface area (Å²) in [6.45, 7) is 0.901. The van der Waals surface area contributed by atoms with Gasteiger partial charge >= 0.3 is 6.03 Å². The molecule has 0 aliphatic heterocycles. The lowest BCUT2D eigenvalue weighted by molar-refractivity contribution is 0.165. The molecule has 1 aromatic rings. The quantitative estimate of drug-likeness (QED) is 0.834. The van der Waals surface area contributed by atoms with Crippen LogP contribution in [0.4, 0.5) is 4.79 Å². The van der Waals surface area contributed by atoms with Crippen molar-refractivity contribution in [3.05, 3.63) is 35.9 Å². The molecule has 0 aromatic heterocycles. The van der Waals surface area contributed by atoms with E-state index in [4.69, 9.17) is 5.11 Å². The van der Waals surface area contributed by atoms with E-state index in [1.165, 1.54) is 6.42 Å². The van der Waals surface area contributed by atoms with Crippen molar-refractivity contribution in [3.63, 3.8) is 0 Å². The molecule has 0 radical (unpaired) electrons. The summed E-state index contributed by atoms with van der Waals surface area (Å²) in [5.74, 6) is 0. The molecule has 0 unspecified atom stereocenters. The normalized spacial score (nSPS) is 14.9. The van der Waals surface area contributed by atoms with Gasteiger partial charge in [-0.2, -0.15) is 0 Å². The van der Waals surface area contributed by atoms with E-state index in [1.807, 2.05) is 30.3 Å². The molecule has 4 heteroatoms. The Bertz CT molecular complexity index is 377. The second-order valence-electron chi connectivity index (χ2n) is 4.71. The highest BCUT2D eigenvalue weighted by Gasteiger charge is 2.22. The maximum absolute atomic E-state index is 12.0. The first-order valence-electron chi connectivity index (χ1n) is 6.50. The maximum atomic E-state index is 12.0. The minimum absolute atomic E-state index is 0.00901. The van der Waals surface area contributed by atoms with Crippen LogP contribution in [0.2, 0.25) is 0 Å². The van der Waals surface area contributed by atoms with E-state index >= 15 is 0 Å². The number of aliphatic hydroxyl groups excluding tert-OH is 1. The van der Waals surface area contributed by atoms with Gasteiger partial charge in [0.15, 0.2) is 0 Å². The monoisotopic (exact) mass is 248 g/mol. The number of urea groups is 1. The second kappa shape index (κ2) is 6.40. The Labute approximate surface area is 108 Å². The summed E-state index contributed by atoms with van der Waals surface area (Å²) in [5, 5.41) is 12.0. The summed E-state index contributed by atoms with van der Waals surface area (Å²) in [4.78, 5) is 13.7. The van der Waals surface area contributed by atoms with E-state index in [9.17, 15) is 4.79 Å². The zero-order valence-corrected chi connectivity index (χ0v) is 10.5. The Morgan fingerprint density at radius 3 is 2.61 bits per heavy atom. The Kier molecular flexibility index (Phi) is 4.59. The molecule has 0 saturated heterocycles. The lowest BCUT2D eigenvalue weighted by Crippen LogP contribution is -2.47. The molecule has 18 heavy (non-hydrogen) atoms. The van der Waals surface area contributed by atoms with Gasteiger partial charge in [-0.1, -0.05) is 30.3 Å². The molecule has 2 amide bonds. The molecule has 0 heterocycles. The Morgan fingerprint density at radius 1 is 1.33 bits per heavy atom. The minimum atomic E-state index is -0.0717. The standard InChI is InChI=1S/C14H20N2O2/c17-10-9-16(11-12-5-2-1-3-6-12)14(18)15-13-7-4-8-13/h1-3,5-6,13,17H,4,7-11H2,(H,15,18). The van der Waals surface area contributed by atoms with Crippen LogP contribution in [0.1, 0.15) is 24.8 Å². The smallest absolute Gasteiger partial charge is 0.317 e. The second-order valence-corrected chi connectivity index (χ2v) is 4.71. The number of carbonyl (C=O) groups is 1. The lowest BCUT2D eigenvalue weighted by atomic mass is 9.93. The summed E-state index contributed by atoms with van der Waals surface area (Å²) in [6, 6.07) is 10.1. The van der Waals surface area contributed by atoms with Crippen molar-refractivity contribution in [2.75, 3.05) is 13.2 Å². The molecule has 1 aliphatic carbocycles. The fourth-order valence-corrected chi connectivity index (χ4v) is 2.00. The molecule has 2 N–H and O–H groups in total. The van der Waals surface area contributed by atoms with Crippen LogP contribution in [0.15, 0.2) is 30.3 Å². The maximum Gasteiger partial charge on any atom is 0.317 e. The van der Waals surface area contributed by atoms with E-state index in [0.29, 0.717) is 19.1 Å². The van der Waals surface area contributed by atoms with E-state index in [1.54, 1.807) is 4.90 Å². The highest BCUT2D eigenvalue weighted by Crippen LogP contribution is 2.18. The van der Waals surface area contributed by atoms with E-state index < -0.39 is 0 Å². The van der Waals surface area contributed by atoms with Crippen LogP contribution in [0.25, 0.3) is 0 Å². The van der Waals surface area contributed by atoms with Crippen LogP contribution in [0, 0.1) is 0 Å². The lowest BCUT2D eigenvalue weighted by Gasteiger charge is -2.30. The number of aliphatic hydroxyl groups is 1. The van der Waals surface area contributed by atoms with Gasteiger partial charge in [-0.3, -0.25) is 0 Å². The van der Waals surface area contributed by atoms with Gasteiger partial charge in [0.05, 0.1) is 6.61 Å². The Morgan fingerprint density at radius 2 is 2.06 bits per heavy atom. The fourth-order valence-electron chi connectivity index (χ4n) is 2.00. The summed E-state index contributed by atoms with van der Waals surface area (Å²) < 4.78 is 0. The SMILES string of the molecule is O=C(NC1CCC1)N(CCO)Cc1ccccc1. The number of hydrogen-bond acceptors (Lipinski definition) is 2. The molecule has 1 aromatic carbocycles. The van der Waals surface area contributed by atoms with Gasteiger partial charge in [0, 0.05) is 19.1 Å². The molecule has 1 aliphatic rings. The highest BCUT2D eigenvalue weighted by molar-refractivity contribution is 5.74. The Hall–Kier alpha value is -1.55. The zero-order valence-electron chi connectivity index (χ0n) is 10.5. The third-order valence-electron chi connectivity index (χ3n) is 3.31. The summed E-state index contributed by atoms with van der Waals surface area (Å²) in [5.41, 5.74) is 1.08. The average Bonchev–Trinajstić information content (AvgIpc) is 2.34. The number of carbonyl (C=O) groups excluding carboxylic acids is 1. The molecular formula is C14H20N2O2. The first kappa shape index (κ1) is 12.9.